The Labute approximate surface area is 168 Å². The van der Waals surface area contributed by atoms with Crippen LogP contribution in [0.4, 0.5) is 17.5 Å². The van der Waals surface area contributed by atoms with E-state index in [0.717, 1.165) is 5.82 Å². The number of pyridine rings is 1. The van der Waals surface area contributed by atoms with E-state index in [4.69, 9.17) is 5.84 Å². The van der Waals surface area contributed by atoms with Crippen LogP contribution in [0.25, 0.3) is 0 Å². The fourth-order valence-corrected chi connectivity index (χ4v) is 2.10. The summed E-state index contributed by atoms with van der Waals surface area (Å²) in [5, 5.41) is 13.2. The van der Waals surface area contributed by atoms with Crippen molar-refractivity contribution in [3.8, 4) is 0 Å². The molecule has 0 aromatic carbocycles. The van der Waals surface area contributed by atoms with Crippen molar-refractivity contribution < 1.29 is 0 Å². The number of nitrogens with two attached hydrogens (primary N) is 1. The molecule has 0 aliphatic rings. The molecule has 0 spiro atoms. The van der Waals surface area contributed by atoms with Crippen LogP contribution < -0.4 is 20.9 Å². The van der Waals surface area contributed by atoms with E-state index in [9.17, 15) is 0 Å². The molecule has 29 heavy (non-hydrogen) atoms. The maximum absolute atomic E-state index is 5.61. The molecule has 11 heteroatoms. The Morgan fingerprint density at radius 2 is 1.31 bits per heavy atom. The van der Waals surface area contributed by atoms with Gasteiger partial charge in [0.25, 0.3) is 0 Å². The third-order valence-electron chi connectivity index (χ3n) is 3.72. The van der Waals surface area contributed by atoms with Crippen LogP contribution in [0.15, 0.2) is 59.4 Å². The number of rotatable bonds is 7. The van der Waals surface area contributed by atoms with Crippen LogP contribution in [0, 0.1) is 0 Å². The van der Waals surface area contributed by atoms with Gasteiger partial charge in [0.05, 0.1) is 37.2 Å². The molecular formula is C18H21N11. The molecule has 0 bridgehead atoms. The van der Waals surface area contributed by atoms with Crippen molar-refractivity contribution in [1.29, 1.82) is 0 Å². The Morgan fingerprint density at radius 1 is 0.724 bits per heavy atom. The summed E-state index contributed by atoms with van der Waals surface area (Å²) in [7, 11) is 5.26. The van der Waals surface area contributed by atoms with Crippen molar-refractivity contribution in [2.75, 3.05) is 36.2 Å². The van der Waals surface area contributed by atoms with E-state index in [-0.39, 0.29) is 0 Å². The van der Waals surface area contributed by atoms with Crippen molar-refractivity contribution >= 4 is 29.9 Å². The molecule has 3 aromatic heterocycles. The number of aromatic nitrogens is 5. The molecule has 0 atom stereocenters. The van der Waals surface area contributed by atoms with Gasteiger partial charge in [-0.05, 0) is 12.1 Å². The van der Waals surface area contributed by atoms with Crippen LogP contribution in [-0.2, 0) is 0 Å². The van der Waals surface area contributed by atoms with Crippen molar-refractivity contribution in [1.82, 2.24) is 24.9 Å². The van der Waals surface area contributed by atoms with E-state index >= 15 is 0 Å². The fraction of sp³-hybridized carbons (Fsp3) is 0.167. The normalized spacial score (nSPS) is 11.2. The van der Waals surface area contributed by atoms with Crippen LogP contribution in [0.5, 0.6) is 0 Å². The third-order valence-corrected chi connectivity index (χ3v) is 3.72. The summed E-state index contributed by atoms with van der Waals surface area (Å²) < 4.78 is 0. The van der Waals surface area contributed by atoms with Gasteiger partial charge in [-0.2, -0.15) is 10.2 Å². The van der Waals surface area contributed by atoms with Gasteiger partial charge in [-0.25, -0.2) is 25.8 Å². The van der Waals surface area contributed by atoms with Gasteiger partial charge in [-0.15, -0.1) is 0 Å². The standard InChI is InChI=1S/C18H21N11/c1-27(19)17-12-24-18(13-23-17)29(3)26-11-15-9-21-14(8-22-15)10-25-28(2)16-6-4-5-7-20-16/h4-13H,19H2,1-3H3/b25-10+,26-11+. The third kappa shape index (κ3) is 5.49. The van der Waals surface area contributed by atoms with E-state index in [1.165, 1.54) is 5.01 Å². The molecule has 11 nitrogen and oxygen atoms in total. The molecule has 0 radical (unpaired) electrons. The molecule has 148 valence electrons. The number of hydrogen-bond acceptors (Lipinski definition) is 11. The second-order valence-electron chi connectivity index (χ2n) is 5.93. The van der Waals surface area contributed by atoms with Crippen molar-refractivity contribution in [3.63, 3.8) is 0 Å². The summed E-state index contributed by atoms with van der Waals surface area (Å²) in [5.41, 5.74) is 1.21. The topological polar surface area (TPSA) is 125 Å². The van der Waals surface area contributed by atoms with Crippen LogP contribution in [0.2, 0.25) is 0 Å². The van der Waals surface area contributed by atoms with Gasteiger partial charge in [-0.3, -0.25) is 20.0 Å². The minimum Gasteiger partial charge on any atom is -0.297 e. The van der Waals surface area contributed by atoms with E-state index in [2.05, 4.69) is 35.1 Å². The molecule has 0 aliphatic heterocycles. The van der Waals surface area contributed by atoms with Gasteiger partial charge >= 0.3 is 0 Å². The maximum Gasteiger partial charge on any atom is 0.167 e. The zero-order valence-electron chi connectivity index (χ0n) is 16.3. The van der Waals surface area contributed by atoms with Crippen molar-refractivity contribution in [2.45, 2.75) is 0 Å². The number of hydrazone groups is 2. The van der Waals surface area contributed by atoms with Crippen LogP contribution in [0.1, 0.15) is 11.4 Å². The summed E-state index contributed by atoms with van der Waals surface area (Å²) in [6.07, 6.45) is 11.3. The molecule has 0 fully saturated rings. The number of hydrogen-bond donors (Lipinski definition) is 1. The highest BCUT2D eigenvalue weighted by Crippen LogP contribution is 2.10. The molecule has 0 saturated carbocycles. The Kier molecular flexibility index (Phi) is 6.32. The molecular weight excluding hydrogens is 370 g/mol. The predicted octanol–water partition coefficient (Wildman–Crippen LogP) is 0.912. The summed E-state index contributed by atoms with van der Waals surface area (Å²) in [4.78, 5) is 21.3. The summed E-state index contributed by atoms with van der Waals surface area (Å²) in [6.45, 7) is 0. The largest absolute Gasteiger partial charge is 0.297 e. The number of anilines is 3. The van der Waals surface area contributed by atoms with E-state index in [1.54, 1.807) is 67.5 Å². The lowest BCUT2D eigenvalue weighted by atomic mass is 10.4. The molecule has 3 aromatic rings. The minimum absolute atomic E-state index is 0.558. The van der Waals surface area contributed by atoms with Gasteiger partial charge in [0.2, 0.25) is 0 Å². The van der Waals surface area contributed by atoms with Gasteiger partial charge in [-0.1, -0.05) is 6.07 Å². The molecule has 0 aliphatic carbocycles. The lowest BCUT2D eigenvalue weighted by molar-refractivity contribution is 0.929. The molecule has 0 unspecified atom stereocenters. The number of hydrazine groups is 1. The Balaban J connectivity index is 1.60. The first kappa shape index (κ1) is 19.8. The van der Waals surface area contributed by atoms with Gasteiger partial charge in [0.15, 0.2) is 11.6 Å². The van der Waals surface area contributed by atoms with E-state index < -0.39 is 0 Å². The van der Waals surface area contributed by atoms with Crippen LogP contribution in [0.3, 0.4) is 0 Å². The average molecular weight is 391 g/mol. The minimum atomic E-state index is 0.558. The summed E-state index contributed by atoms with van der Waals surface area (Å²) in [5.74, 6) is 7.47. The zero-order valence-corrected chi connectivity index (χ0v) is 16.3. The first-order valence-electron chi connectivity index (χ1n) is 8.62. The lowest BCUT2D eigenvalue weighted by Crippen LogP contribution is -2.26. The first-order valence-corrected chi connectivity index (χ1v) is 8.62. The second-order valence-corrected chi connectivity index (χ2v) is 5.93. The molecule has 2 N–H and O–H groups in total. The second kappa shape index (κ2) is 9.28. The van der Waals surface area contributed by atoms with Crippen LogP contribution in [-0.4, -0.2) is 58.5 Å². The highest BCUT2D eigenvalue weighted by molar-refractivity contribution is 5.80. The highest BCUT2D eigenvalue weighted by atomic mass is 15.5. The molecule has 0 saturated heterocycles. The smallest absolute Gasteiger partial charge is 0.167 e. The van der Waals surface area contributed by atoms with Gasteiger partial charge in [0.1, 0.15) is 17.2 Å². The molecule has 0 amide bonds. The average Bonchev–Trinajstić information content (AvgIpc) is 2.77. The molecule has 3 rings (SSSR count). The number of nitrogens with zero attached hydrogens (tertiary/aromatic N) is 10. The zero-order chi connectivity index (χ0) is 20.6. The lowest BCUT2D eigenvalue weighted by Gasteiger charge is -2.13. The van der Waals surface area contributed by atoms with Gasteiger partial charge in [0, 0.05) is 27.3 Å². The summed E-state index contributed by atoms with van der Waals surface area (Å²) in [6, 6.07) is 5.62. The maximum atomic E-state index is 5.61. The summed E-state index contributed by atoms with van der Waals surface area (Å²) >= 11 is 0. The Hall–Kier alpha value is -3.99. The van der Waals surface area contributed by atoms with Gasteiger partial charge < -0.3 is 0 Å². The van der Waals surface area contributed by atoms with E-state index in [1.807, 2.05) is 25.2 Å². The SMILES string of the molecule is CN(N)c1cnc(N(C)/N=C/c2cnc(/C=N/N(C)c3ccccn3)cn2)cn1. The predicted molar refractivity (Wildman–Crippen MR) is 113 cm³/mol. The van der Waals surface area contributed by atoms with Crippen LogP contribution >= 0.6 is 0 Å². The monoisotopic (exact) mass is 391 g/mol. The highest BCUT2D eigenvalue weighted by Gasteiger charge is 2.03. The first-order chi connectivity index (χ1) is 14.0. The quantitative estimate of drug-likeness (QED) is 0.355. The van der Waals surface area contributed by atoms with Crippen molar-refractivity contribution in [3.05, 3.63) is 60.6 Å². The van der Waals surface area contributed by atoms with Crippen molar-refractivity contribution in [2.24, 2.45) is 16.0 Å². The fourth-order valence-electron chi connectivity index (χ4n) is 2.10. The van der Waals surface area contributed by atoms with E-state index in [0.29, 0.717) is 23.0 Å². The molecule has 3 heterocycles. The Morgan fingerprint density at radius 3 is 1.79 bits per heavy atom. The Bertz CT molecular complexity index is 953.